The van der Waals surface area contributed by atoms with E-state index in [2.05, 4.69) is 158 Å². The van der Waals surface area contributed by atoms with Crippen molar-refractivity contribution in [2.45, 2.75) is 0 Å². The molecule has 2 heterocycles. The Bertz CT molecular complexity index is 2860. The van der Waals surface area contributed by atoms with Crippen molar-refractivity contribution in [3.63, 3.8) is 0 Å². The zero-order valence-corrected chi connectivity index (χ0v) is 28.8. The van der Waals surface area contributed by atoms with Crippen LogP contribution in [-0.2, 0) is 0 Å². The van der Waals surface area contributed by atoms with Crippen LogP contribution in [0.3, 0.4) is 0 Å². The summed E-state index contributed by atoms with van der Waals surface area (Å²) in [4.78, 5) is 9.99. The molecule has 3 heteroatoms. The molecule has 2 aromatic heterocycles. The summed E-state index contributed by atoms with van der Waals surface area (Å²) in [6.07, 6.45) is 0. The Hall–Kier alpha value is -7.10. The number of furan rings is 1. The van der Waals surface area contributed by atoms with Gasteiger partial charge < -0.3 is 4.42 Å². The molecule has 10 aromatic rings. The van der Waals surface area contributed by atoms with Crippen molar-refractivity contribution in [3.05, 3.63) is 194 Å². The molecular weight excluding hydrogens is 645 g/mol. The quantitative estimate of drug-likeness (QED) is 0.176. The largest absolute Gasteiger partial charge is 0.455 e. The summed E-state index contributed by atoms with van der Waals surface area (Å²) in [6.45, 7) is 0. The van der Waals surface area contributed by atoms with E-state index in [1.54, 1.807) is 0 Å². The molecule has 3 nitrogen and oxygen atoms in total. The number of hydrogen-bond donors (Lipinski definition) is 0. The van der Waals surface area contributed by atoms with Crippen LogP contribution in [-0.4, -0.2) is 9.97 Å². The molecular formula is C50H32N2O. The van der Waals surface area contributed by atoms with Crippen LogP contribution in [0, 0.1) is 0 Å². The minimum atomic E-state index is 0.712. The van der Waals surface area contributed by atoms with Crippen LogP contribution in [0.4, 0.5) is 0 Å². The molecule has 10 rings (SSSR count). The minimum Gasteiger partial charge on any atom is -0.455 e. The third-order valence-corrected chi connectivity index (χ3v) is 10.1. The maximum absolute atomic E-state index is 6.62. The Kier molecular flexibility index (Phi) is 7.47. The molecule has 53 heavy (non-hydrogen) atoms. The number of fused-ring (bicyclic) bond motifs is 5. The van der Waals surface area contributed by atoms with Gasteiger partial charge in [0.25, 0.3) is 0 Å². The molecule has 0 amide bonds. The van der Waals surface area contributed by atoms with E-state index in [0.717, 1.165) is 72.1 Å². The number of hydrogen-bond acceptors (Lipinski definition) is 3. The molecule has 0 atom stereocenters. The van der Waals surface area contributed by atoms with Crippen molar-refractivity contribution in [2.24, 2.45) is 0 Å². The van der Waals surface area contributed by atoms with Gasteiger partial charge in [-0.05, 0) is 63.0 Å². The van der Waals surface area contributed by atoms with Gasteiger partial charge in [0.1, 0.15) is 11.2 Å². The summed E-state index contributed by atoms with van der Waals surface area (Å²) in [5.74, 6) is 0.712. The fourth-order valence-corrected chi connectivity index (χ4v) is 7.51. The Labute approximate surface area is 307 Å². The SMILES string of the molecule is c1ccc(-c2cc(-c3ccc(-c4cccc(-c5cc6c(oc7cccc(-c8ccccc8)c76)c6ccccc56)c4)cc3)nc(-c3ccccc3)n2)cc1. The van der Waals surface area contributed by atoms with Gasteiger partial charge in [-0.25, -0.2) is 9.97 Å². The van der Waals surface area contributed by atoms with Gasteiger partial charge in [0, 0.05) is 32.8 Å². The molecule has 8 aromatic carbocycles. The van der Waals surface area contributed by atoms with Crippen molar-refractivity contribution in [1.82, 2.24) is 9.97 Å². The van der Waals surface area contributed by atoms with Crippen LogP contribution in [0.25, 0.3) is 100.0 Å². The molecule has 0 saturated carbocycles. The summed E-state index contributed by atoms with van der Waals surface area (Å²) >= 11 is 0. The standard InChI is InChI=1S/C50H32N2O/c1-4-14-34(15-5-1)40-24-13-25-47-48(40)44-31-43(41-22-10-11-23-42(41)49(44)53-47)39-21-12-20-38(30-39)33-26-28-36(29-27-33)46-32-45(35-16-6-2-7-17-35)51-50(52-46)37-18-8-3-9-19-37/h1-32H. The maximum Gasteiger partial charge on any atom is 0.160 e. The topological polar surface area (TPSA) is 38.9 Å². The average Bonchev–Trinajstić information content (AvgIpc) is 3.63. The van der Waals surface area contributed by atoms with Crippen LogP contribution in [0.5, 0.6) is 0 Å². The van der Waals surface area contributed by atoms with Crippen LogP contribution < -0.4 is 0 Å². The Balaban J connectivity index is 1.07. The van der Waals surface area contributed by atoms with Gasteiger partial charge in [-0.2, -0.15) is 0 Å². The number of benzene rings is 8. The van der Waals surface area contributed by atoms with Gasteiger partial charge in [-0.3, -0.25) is 0 Å². The van der Waals surface area contributed by atoms with E-state index in [9.17, 15) is 0 Å². The van der Waals surface area contributed by atoms with Crippen molar-refractivity contribution < 1.29 is 4.42 Å². The summed E-state index contributed by atoms with van der Waals surface area (Å²) in [7, 11) is 0. The van der Waals surface area contributed by atoms with Gasteiger partial charge in [-0.1, -0.05) is 170 Å². The molecule has 0 bridgehead atoms. The highest BCUT2D eigenvalue weighted by Crippen LogP contribution is 2.43. The maximum atomic E-state index is 6.62. The third-order valence-electron chi connectivity index (χ3n) is 10.1. The summed E-state index contributed by atoms with van der Waals surface area (Å²) < 4.78 is 6.62. The Morgan fingerprint density at radius 2 is 0.868 bits per heavy atom. The van der Waals surface area contributed by atoms with Crippen molar-refractivity contribution in [3.8, 4) is 67.3 Å². The Morgan fingerprint density at radius 3 is 1.58 bits per heavy atom. The van der Waals surface area contributed by atoms with Gasteiger partial charge in [-0.15, -0.1) is 0 Å². The lowest BCUT2D eigenvalue weighted by molar-refractivity contribution is 0.673. The second kappa shape index (κ2) is 12.9. The molecule has 0 fully saturated rings. The smallest absolute Gasteiger partial charge is 0.160 e. The molecule has 0 saturated heterocycles. The van der Waals surface area contributed by atoms with E-state index in [4.69, 9.17) is 14.4 Å². The molecule has 0 N–H and O–H groups in total. The lowest BCUT2D eigenvalue weighted by Crippen LogP contribution is -1.95. The molecule has 0 aliphatic rings. The van der Waals surface area contributed by atoms with Gasteiger partial charge in [0.15, 0.2) is 5.82 Å². The van der Waals surface area contributed by atoms with Gasteiger partial charge in [0.2, 0.25) is 0 Å². The van der Waals surface area contributed by atoms with E-state index in [0.29, 0.717) is 5.82 Å². The molecule has 248 valence electrons. The third kappa shape index (κ3) is 5.56. The normalized spacial score (nSPS) is 11.4. The van der Waals surface area contributed by atoms with Crippen LogP contribution in [0.2, 0.25) is 0 Å². The zero-order chi connectivity index (χ0) is 35.1. The first-order chi connectivity index (χ1) is 26.3. The number of aromatic nitrogens is 2. The highest BCUT2D eigenvalue weighted by atomic mass is 16.3. The van der Waals surface area contributed by atoms with E-state index in [-0.39, 0.29) is 0 Å². The summed E-state index contributed by atoms with van der Waals surface area (Å²) in [5.41, 5.74) is 13.7. The first-order valence-corrected chi connectivity index (χ1v) is 17.9. The van der Waals surface area contributed by atoms with Crippen molar-refractivity contribution in [1.29, 1.82) is 0 Å². The second-order valence-electron chi connectivity index (χ2n) is 13.3. The van der Waals surface area contributed by atoms with Crippen LogP contribution >= 0.6 is 0 Å². The van der Waals surface area contributed by atoms with E-state index < -0.39 is 0 Å². The van der Waals surface area contributed by atoms with Crippen LogP contribution in [0.1, 0.15) is 0 Å². The predicted octanol–water partition coefficient (Wildman–Crippen LogP) is 13.5. The molecule has 0 unspecified atom stereocenters. The average molecular weight is 677 g/mol. The van der Waals surface area contributed by atoms with E-state index in [1.807, 2.05) is 36.4 Å². The summed E-state index contributed by atoms with van der Waals surface area (Å²) in [6, 6.07) is 68.0. The highest BCUT2D eigenvalue weighted by Gasteiger charge is 2.18. The van der Waals surface area contributed by atoms with E-state index >= 15 is 0 Å². The minimum absolute atomic E-state index is 0.712. The molecule has 0 radical (unpaired) electrons. The van der Waals surface area contributed by atoms with Crippen LogP contribution in [0.15, 0.2) is 199 Å². The van der Waals surface area contributed by atoms with Crippen molar-refractivity contribution >= 4 is 32.7 Å². The monoisotopic (exact) mass is 676 g/mol. The highest BCUT2D eigenvalue weighted by molar-refractivity contribution is 6.22. The van der Waals surface area contributed by atoms with E-state index in [1.165, 1.54) is 22.1 Å². The molecule has 0 aliphatic heterocycles. The first kappa shape index (κ1) is 30.7. The first-order valence-electron chi connectivity index (χ1n) is 17.9. The summed E-state index contributed by atoms with van der Waals surface area (Å²) in [5, 5.41) is 4.54. The second-order valence-corrected chi connectivity index (χ2v) is 13.3. The number of rotatable bonds is 6. The van der Waals surface area contributed by atoms with Gasteiger partial charge in [0.05, 0.1) is 11.4 Å². The lowest BCUT2D eigenvalue weighted by Gasteiger charge is -2.12. The fourth-order valence-electron chi connectivity index (χ4n) is 7.51. The molecule has 0 spiro atoms. The number of nitrogens with zero attached hydrogens (tertiary/aromatic N) is 2. The molecule has 0 aliphatic carbocycles. The fraction of sp³-hybridized carbons (Fsp3) is 0. The van der Waals surface area contributed by atoms with Gasteiger partial charge >= 0.3 is 0 Å². The predicted molar refractivity (Wildman–Crippen MR) is 219 cm³/mol. The van der Waals surface area contributed by atoms with Crippen molar-refractivity contribution in [2.75, 3.05) is 0 Å². The zero-order valence-electron chi connectivity index (χ0n) is 28.8. The Morgan fingerprint density at radius 1 is 0.321 bits per heavy atom. The lowest BCUT2D eigenvalue weighted by atomic mass is 9.92.